The molecule has 0 aliphatic heterocycles. The van der Waals surface area contributed by atoms with Gasteiger partial charge in [-0.2, -0.15) is 0 Å². The maximum absolute atomic E-state index is 12.5. The first-order chi connectivity index (χ1) is 12.0. The van der Waals surface area contributed by atoms with Crippen molar-refractivity contribution in [3.05, 3.63) is 74.8 Å². The lowest BCUT2D eigenvalue weighted by Gasteiger charge is -2.14. The average Bonchev–Trinajstić information content (AvgIpc) is 2.59. The Balaban J connectivity index is 1.64. The molecule has 0 spiro atoms. The Bertz CT molecular complexity index is 943. The van der Waals surface area contributed by atoms with Gasteiger partial charge >= 0.3 is 0 Å². The highest BCUT2D eigenvalue weighted by molar-refractivity contribution is 6.31. The number of aliphatic hydroxyl groups is 1. The molecular formula is C18H16Cl2N2O3. The fourth-order valence-electron chi connectivity index (χ4n) is 2.46. The lowest BCUT2D eigenvalue weighted by atomic mass is 10.2. The van der Waals surface area contributed by atoms with Gasteiger partial charge in [0.2, 0.25) is 0 Å². The van der Waals surface area contributed by atoms with E-state index in [-0.39, 0.29) is 25.3 Å². The van der Waals surface area contributed by atoms with E-state index in [4.69, 9.17) is 27.9 Å². The molecule has 1 heterocycles. The molecule has 1 aromatic heterocycles. The highest BCUT2D eigenvalue weighted by Crippen LogP contribution is 2.16. The number of fused-ring (bicyclic) bond motifs is 1. The van der Waals surface area contributed by atoms with Crippen LogP contribution in [-0.2, 0) is 17.9 Å². The Morgan fingerprint density at radius 2 is 2.00 bits per heavy atom. The van der Waals surface area contributed by atoms with E-state index in [2.05, 4.69) is 4.98 Å². The summed E-state index contributed by atoms with van der Waals surface area (Å²) in [6, 6.07) is 12.3. The number of halogens is 2. The lowest BCUT2D eigenvalue weighted by Crippen LogP contribution is -2.29. The maximum atomic E-state index is 12.5. The number of rotatable bonds is 6. The molecule has 0 aliphatic carbocycles. The van der Waals surface area contributed by atoms with Gasteiger partial charge in [0.1, 0.15) is 0 Å². The predicted octanol–water partition coefficient (Wildman–Crippen LogP) is 3.28. The fourth-order valence-corrected chi connectivity index (χ4v) is 2.82. The molecule has 0 radical (unpaired) electrons. The van der Waals surface area contributed by atoms with Crippen LogP contribution in [0.25, 0.3) is 10.9 Å². The van der Waals surface area contributed by atoms with Gasteiger partial charge in [-0.15, -0.1) is 0 Å². The Labute approximate surface area is 154 Å². The molecule has 2 aromatic carbocycles. The summed E-state index contributed by atoms with van der Waals surface area (Å²) in [4.78, 5) is 16.7. The van der Waals surface area contributed by atoms with Crippen molar-refractivity contribution in [2.75, 3.05) is 6.61 Å². The van der Waals surface area contributed by atoms with E-state index in [1.165, 1.54) is 10.9 Å². The zero-order chi connectivity index (χ0) is 17.8. The molecule has 5 nitrogen and oxygen atoms in total. The van der Waals surface area contributed by atoms with Gasteiger partial charge in [0.05, 0.1) is 43.1 Å². The first-order valence-corrected chi connectivity index (χ1v) is 8.44. The van der Waals surface area contributed by atoms with Gasteiger partial charge < -0.3 is 9.84 Å². The Morgan fingerprint density at radius 1 is 1.20 bits per heavy atom. The van der Waals surface area contributed by atoms with Crippen LogP contribution in [0.4, 0.5) is 0 Å². The van der Waals surface area contributed by atoms with Gasteiger partial charge in [-0.3, -0.25) is 9.36 Å². The predicted molar refractivity (Wildman–Crippen MR) is 98.1 cm³/mol. The zero-order valence-corrected chi connectivity index (χ0v) is 14.7. The summed E-state index contributed by atoms with van der Waals surface area (Å²) < 4.78 is 6.84. The Hall–Kier alpha value is -1.92. The van der Waals surface area contributed by atoms with Crippen LogP contribution in [0.5, 0.6) is 0 Å². The van der Waals surface area contributed by atoms with E-state index in [1.807, 2.05) is 18.2 Å². The van der Waals surface area contributed by atoms with Crippen molar-refractivity contribution in [2.24, 2.45) is 0 Å². The van der Waals surface area contributed by atoms with Crippen molar-refractivity contribution in [3.8, 4) is 0 Å². The minimum absolute atomic E-state index is 0.0746. The summed E-state index contributed by atoms with van der Waals surface area (Å²) >= 11 is 12.0. The molecule has 0 amide bonds. The Morgan fingerprint density at radius 3 is 2.80 bits per heavy atom. The SMILES string of the molecule is O=c1c2cc(Cl)ccc2ncn1CC(O)COCc1ccccc1Cl. The highest BCUT2D eigenvalue weighted by atomic mass is 35.5. The fraction of sp³-hybridized carbons (Fsp3) is 0.222. The summed E-state index contributed by atoms with van der Waals surface area (Å²) in [5, 5.41) is 11.6. The normalized spacial score (nSPS) is 12.4. The van der Waals surface area contributed by atoms with E-state index in [0.29, 0.717) is 20.9 Å². The zero-order valence-electron chi connectivity index (χ0n) is 13.2. The van der Waals surface area contributed by atoms with Crippen molar-refractivity contribution < 1.29 is 9.84 Å². The van der Waals surface area contributed by atoms with Crippen LogP contribution in [0.2, 0.25) is 10.0 Å². The van der Waals surface area contributed by atoms with Gasteiger partial charge in [-0.05, 0) is 29.8 Å². The molecule has 3 rings (SSSR count). The second kappa shape index (κ2) is 7.97. The summed E-state index contributed by atoms with van der Waals surface area (Å²) in [6.45, 7) is 0.444. The second-order valence-corrected chi connectivity index (χ2v) is 6.47. The molecule has 1 atom stereocenters. The third kappa shape index (κ3) is 4.38. The molecule has 0 saturated carbocycles. The van der Waals surface area contributed by atoms with Crippen LogP contribution in [0.15, 0.2) is 53.6 Å². The average molecular weight is 379 g/mol. The van der Waals surface area contributed by atoms with Crippen LogP contribution < -0.4 is 5.56 Å². The summed E-state index contributed by atoms with van der Waals surface area (Å²) in [5.74, 6) is 0. The summed E-state index contributed by atoms with van der Waals surface area (Å²) in [6.07, 6.45) is 0.564. The lowest BCUT2D eigenvalue weighted by molar-refractivity contribution is 0.0198. The van der Waals surface area contributed by atoms with E-state index in [1.54, 1.807) is 24.3 Å². The summed E-state index contributed by atoms with van der Waals surface area (Å²) in [5.41, 5.74) is 1.16. The van der Waals surface area contributed by atoms with Crippen molar-refractivity contribution >= 4 is 34.1 Å². The van der Waals surface area contributed by atoms with Crippen LogP contribution in [0, 0.1) is 0 Å². The van der Waals surface area contributed by atoms with E-state index in [9.17, 15) is 9.90 Å². The number of nitrogens with zero attached hydrogens (tertiary/aromatic N) is 2. The third-order valence-electron chi connectivity index (χ3n) is 3.72. The number of hydrogen-bond donors (Lipinski definition) is 1. The number of ether oxygens (including phenoxy) is 1. The highest BCUT2D eigenvalue weighted by Gasteiger charge is 2.10. The molecule has 0 bridgehead atoms. The third-order valence-corrected chi connectivity index (χ3v) is 4.32. The number of aliphatic hydroxyl groups excluding tert-OH is 1. The van der Waals surface area contributed by atoms with E-state index >= 15 is 0 Å². The maximum Gasteiger partial charge on any atom is 0.261 e. The van der Waals surface area contributed by atoms with Crippen LogP contribution >= 0.6 is 23.2 Å². The number of benzene rings is 2. The van der Waals surface area contributed by atoms with Crippen molar-refractivity contribution in [2.45, 2.75) is 19.3 Å². The molecule has 130 valence electrons. The molecule has 0 aliphatic rings. The van der Waals surface area contributed by atoms with Crippen molar-refractivity contribution in [3.63, 3.8) is 0 Å². The van der Waals surface area contributed by atoms with Crippen molar-refractivity contribution in [1.82, 2.24) is 9.55 Å². The molecule has 7 heteroatoms. The van der Waals surface area contributed by atoms with E-state index in [0.717, 1.165) is 5.56 Å². The second-order valence-electron chi connectivity index (χ2n) is 5.62. The van der Waals surface area contributed by atoms with Gasteiger partial charge in [-0.1, -0.05) is 41.4 Å². The quantitative estimate of drug-likeness (QED) is 0.714. The summed E-state index contributed by atoms with van der Waals surface area (Å²) in [7, 11) is 0. The van der Waals surface area contributed by atoms with Gasteiger partial charge in [-0.25, -0.2) is 4.98 Å². The smallest absolute Gasteiger partial charge is 0.261 e. The molecule has 0 fully saturated rings. The molecule has 1 N–H and O–H groups in total. The largest absolute Gasteiger partial charge is 0.389 e. The van der Waals surface area contributed by atoms with Gasteiger partial charge in [0, 0.05) is 10.0 Å². The van der Waals surface area contributed by atoms with Crippen LogP contribution in [0.1, 0.15) is 5.56 Å². The molecule has 3 aromatic rings. The Kier molecular flexibility index (Phi) is 5.71. The first-order valence-electron chi connectivity index (χ1n) is 7.68. The monoisotopic (exact) mass is 378 g/mol. The van der Waals surface area contributed by atoms with E-state index < -0.39 is 6.10 Å². The molecular weight excluding hydrogens is 363 g/mol. The minimum Gasteiger partial charge on any atom is -0.389 e. The molecule has 25 heavy (non-hydrogen) atoms. The number of hydrogen-bond acceptors (Lipinski definition) is 4. The van der Waals surface area contributed by atoms with Crippen LogP contribution in [0.3, 0.4) is 0 Å². The van der Waals surface area contributed by atoms with Crippen LogP contribution in [-0.4, -0.2) is 27.4 Å². The topological polar surface area (TPSA) is 64.4 Å². The van der Waals surface area contributed by atoms with Crippen molar-refractivity contribution in [1.29, 1.82) is 0 Å². The molecule has 1 unspecified atom stereocenters. The number of aromatic nitrogens is 2. The first kappa shape index (κ1) is 17.9. The van der Waals surface area contributed by atoms with Gasteiger partial charge in [0.15, 0.2) is 0 Å². The minimum atomic E-state index is -0.848. The standard InChI is InChI=1S/C18H16Cl2N2O3/c19-13-5-6-17-15(7-13)18(24)22(11-21-17)8-14(23)10-25-9-12-3-1-2-4-16(12)20/h1-7,11,14,23H,8-10H2. The molecule has 0 saturated heterocycles. The van der Waals surface area contributed by atoms with Gasteiger partial charge in [0.25, 0.3) is 5.56 Å².